The molecule has 2 aromatic carbocycles. The van der Waals surface area contributed by atoms with Crippen molar-refractivity contribution in [2.24, 2.45) is 0 Å². The van der Waals surface area contributed by atoms with Crippen LogP contribution < -0.4 is 4.90 Å². The smallest absolute Gasteiger partial charge is 0.253 e. The Morgan fingerprint density at radius 1 is 1.04 bits per heavy atom. The summed E-state index contributed by atoms with van der Waals surface area (Å²) >= 11 is 0. The third kappa shape index (κ3) is 6.44. The molecule has 0 spiro atoms. The minimum atomic E-state index is -3.98. The summed E-state index contributed by atoms with van der Waals surface area (Å²) < 4.78 is 29.3. The minimum Gasteiger partial charge on any atom is -0.389 e. The van der Waals surface area contributed by atoms with Gasteiger partial charge >= 0.3 is 0 Å². The molecule has 0 saturated carbocycles. The number of nitrogens with zero attached hydrogens (tertiary/aromatic N) is 5. The van der Waals surface area contributed by atoms with Crippen LogP contribution >= 0.6 is 0 Å². The molecule has 9 nitrogen and oxygen atoms in total. The molecule has 10 heteroatoms. The van der Waals surface area contributed by atoms with Crippen LogP contribution in [0.2, 0.25) is 0 Å². The second-order valence-corrected chi connectivity index (χ2v) is 16.4. The summed E-state index contributed by atoms with van der Waals surface area (Å²) in [5.74, 6) is -0.208. The third-order valence-corrected chi connectivity index (χ3v) is 11.7. The van der Waals surface area contributed by atoms with Crippen LogP contribution in [-0.4, -0.2) is 95.4 Å². The van der Waals surface area contributed by atoms with Gasteiger partial charge in [0, 0.05) is 74.4 Å². The van der Waals surface area contributed by atoms with E-state index in [-0.39, 0.29) is 12.5 Å². The first-order chi connectivity index (χ1) is 22.7. The van der Waals surface area contributed by atoms with E-state index in [0.29, 0.717) is 28.6 Å². The second kappa shape index (κ2) is 12.7. The molecule has 4 aromatic rings. The van der Waals surface area contributed by atoms with Crippen molar-refractivity contribution >= 4 is 38.2 Å². The molecule has 0 bridgehead atoms. The molecule has 0 radical (unpaired) electrons. The summed E-state index contributed by atoms with van der Waals surface area (Å²) in [6.07, 6.45) is 9.42. The normalized spacial score (nSPS) is 19.1. The summed E-state index contributed by atoms with van der Waals surface area (Å²) in [6, 6.07) is 17.2. The van der Waals surface area contributed by atoms with Crippen LogP contribution in [0, 0.1) is 6.92 Å². The van der Waals surface area contributed by atoms with Crippen LogP contribution in [0.25, 0.3) is 27.7 Å². The highest BCUT2D eigenvalue weighted by molar-refractivity contribution is 7.91. The fraction of sp³-hybridized carbons (Fsp3) is 0.368. The number of aromatic nitrogens is 2. The molecule has 1 atom stereocenters. The Labute approximate surface area is 283 Å². The second-order valence-electron chi connectivity index (χ2n) is 14.1. The van der Waals surface area contributed by atoms with Gasteiger partial charge in [0.15, 0.2) is 5.65 Å². The average Bonchev–Trinajstić information content (AvgIpc) is 3.45. The molecule has 3 heterocycles. The van der Waals surface area contributed by atoms with Crippen LogP contribution in [0.5, 0.6) is 0 Å². The lowest BCUT2D eigenvalue weighted by molar-refractivity contribution is 0.0368. The lowest BCUT2D eigenvalue weighted by Gasteiger charge is -2.35. The van der Waals surface area contributed by atoms with Crippen molar-refractivity contribution in [3.05, 3.63) is 102 Å². The lowest BCUT2D eigenvalue weighted by atomic mass is 9.92. The van der Waals surface area contributed by atoms with Crippen molar-refractivity contribution in [1.82, 2.24) is 18.8 Å². The minimum absolute atomic E-state index is 0.191. The zero-order valence-electron chi connectivity index (χ0n) is 28.6. The largest absolute Gasteiger partial charge is 0.389 e. The van der Waals surface area contributed by atoms with Crippen molar-refractivity contribution in [2.45, 2.75) is 44.5 Å². The van der Waals surface area contributed by atoms with Crippen LogP contribution in [0.15, 0.2) is 85.2 Å². The van der Waals surface area contributed by atoms with Gasteiger partial charge in [-0.2, -0.15) is 0 Å². The first-order valence-corrected chi connectivity index (χ1v) is 17.8. The highest BCUT2D eigenvalue weighted by Gasteiger charge is 2.41. The first-order valence-electron chi connectivity index (χ1n) is 16.4. The fourth-order valence-corrected chi connectivity index (χ4v) is 8.44. The molecule has 1 aliphatic heterocycles. The Hall–Kier alpha value is -4.25. The number of fused-ring (bicyclic) bond motifs is 1. The molecule has 1 amide bonds. The Balaban J connectivity index is 1.32. The highest BCUT2D eigenvalue weighted by Crippen LogP contribution is 2.39. The Kier molecular flexibility index (Phi) is 8.87. The standard InChI is InChI=1S/C38H45N5O4S/c1-27-23-30(15-16-34(27)42-21-19-40(5)20-22-42)31-9-7-17-38(4,24-31)48(46,47)43-25-33(32-10-8-18-39-35(32)43)28-11-13-29(14-12-28)36(44)41(6)26-37(2,3)45/h7-16,18,23-25,45H,17,19-22,26H2,1-6H3. The van der Waals surface area contributed by atoms with E-state index < -0.39 is 20.4 Å². The molecule has 6 rings (SSSR count). The Morgan fingerprint density at radius 3 is 2.40 bits per heavy atom. The van der Waals surface area contributed by atoms with E-state index in [1.54, 1.807) is 58.4 Å². The van der Waals surface area contributed by atoms with Gasteiger partial charge in [0.05, 0.1) is 5.60 Å². The number of aliphatic hydroxyl groups is 1. The maximum atomic E-state index is 14.6. The molecule has 1 fully saturated rings. The average molecular weight is 668 g/mol. The van der Waals surface area contributed by atoms with Crippen LogP contribution in [-0.2, 0) is 10.0 Å². The molecule has 1 aliphatic carbocycles. The summed E-state index contributed by atoms with van der Waals surface area (Å²) in [7, 11) is -0.172. The first kappa shape index (κ1) is 33.6. The molecule has 1 unspecified atom stereocenters. The number of hydrogen-bond acceptors (Lipinski definition) is 7. The monoisotopic (exact) mass is 667 g/mol. The highest BCUT2D eigenvalue weighted by atomic mass is 32.2. The Bertz CT molecular complexity index is 2020. The van der Waals surface area contributed by atoms with Crippen LogP contribution in [0.4, 0.5) is 5.69 Å². The van der Waals surface area contributed by atoms with Gasteiger partial charge in [-0.05, 0) is 99.8 Å². The molecule has 2 aliphatic rings. The summed E-state index contributed by atoms with van der Waals surface area (Å²) in [5, 5.41) is 10.8. The number of carbonyl (C=O) groups is 1. The topological polar surface area (TPSA) is 99.0 Å². The van der Waals surface area contributed by atoms with E-state index in [9.17, 15) is 18.3 Å². The van der Waals surface area contributed by atoms with E-state index in [4.69, 9.17) is 0 Å². The van der Waals surface area contributed by atoms with Gasteiger partial charge in [-0.1, -0.05) is 36.4 Å². The van der Waals surface area contributed by atoms with Gasteiger partial charge in [0.25, 0.3) is 5.91 Å². The number of carbonyl (C=O) groups excluding carboxylic acids is 1. The molecular weight excluding hydrogens is 623 g/mol. The van der Waals surface area contributed by atoms with Crippen molar-refractivity contribution in [1.29, 1.82) is 0 Å². The summed E-state index contributed by atoms with van der Waals surface area (Å²) in [4.78, 5) is 23.8. The molecular formula is C38H45N5O4S. The van der Waals surface area contributed by atoms with Crippen molar-refractivity contribution in [3.8, 4) is 11.1 Å². The molecule has 2 aromatic heterocycles. The summed E-state index contributed by atoms with van der Waals surface area (Å²) in [6.45, 7) is 11.4. The third-order valence-electron chi connectivity index (χ3n) is 9.45. The van der Waals surface area contributed by atoms with Crippen molar-refractivity contribution in [2.75, 3.05) is 51.7 Å². The van der Waals surface area contributed by atoms with E-state index in [2.05, 4.69) is 47.0 Å². The zero-order chi connectivity index (χ0) is 34.4. The molecule has 1 saturated heterocycles. The molecule has 48 heavy (non-hydrogen) atoms. The lowest BCUT2D eigenvalue weighted by Crippen LogP contribution is -2.44. The van der Waals surface area contributed by atoms with Crippen LogP contribution in [0.3, 0.4) is 0 Å². The van der Waals surface area contributed by atoms with Crippen LogP contribution in [0.1, 0.15) is 48.7 Å². The van der Waals surface area contributed by atoms with Gasteiger partial charge in [0.2, 0.25) is 10.0 Å². The van der Waals surface area contributed by atoms with Gasteiger partial charge in [-0.3, -0.25) is 4.79 Å². The number of anilines is 1. The summed E-state index contributed by atoms with van der Waals surface area (Å²) in [5.41, 5.74) is 5.55. The number of benzene rings is 2. The van der Waals surface area contributed by atoms with Gasteiger partial charge in [0.1, 0.15) is 4.75 Å². The van der Waals surface area contributed by atoms with Gasteiger partial charge in [-0.15, -0.1) is 0 Å². The number of amides is 1. The quantitative estimate of drug-likeness (QED) is 0.262. The van der Waals surface area contributed by atoms with Crippen molar-refractivity contribution < 1.29 is 18.3 Å². The maximum absolute atomic E-state index is 14.6. The van der Waals surface area contributed by atoms with Gasteiger partial charge < -0.3 is 19.8 Å². The number of aryl methyl sites for hydroxylation is 1. The van der Waals surface area contributed by atoms with E-state index in [1.165, 1.54) is 20.1 Å². The predicted molar refractivity (Wildman–Crippen MR) is 194 cm³/mol. The van der Waals surface area contributed by atoms with E-state index in [1.807, 2.05) is 36.4 Å². The predicted octanol–water partition coefficient (Wildman–Crippen LogP) is 5.59. The number of pyridine rings is 1. The van der Waals surface area contributed by atoms with E-state index >= 15 is 0 Å². The number of likely N-dealkylation sites (N-methyl/N-ethyl adjacent to an activating group) is 2. The van der Waals surface area contributed by atoms with E-state index in [0.717, 1.165) is 42.9 Å². The Morgan fingerprint density at radius 2 is 1.73 bits per heavy atom. The maximum Gasteiger partial charge on any atom is 0.253 e. The molecule has 252 valence electrons. The van der Waals surface area contributed by atoms with Crippen molar-refractivity contribution in [3.63, 3.8) is 0 Å². The van der Waals surface area contributed by atoms with Gasteiger partial charge in [-0.25, -0.2) is 17.4 Å². The zero-order valence-corrected chi connectivity index (χ0v) is 29.5. The SMILES string of the molecule is Cc1cc(C2=CC(C)(S(=O)(=O)n3cc(-c4ccc(C(=O)N(C)CC(C)(C)O)cc4)c4cccnc43)CC=C2)ccc1N1CCN(C)CC1. The number of piperazine rings is 1. The number of rotatable bonds is 8. The fourth-order valence-electron chi connectivity index (χ4n) is 6.79. The number of allylic oxidation sites excluding steroid dienone is 3. The number of hydrogen-bond donors (Lipinski definition) is 1. The molecule has 1 N–H and O–H groups in total.